The highest BCUT2D eigenvalue weighted by Crippen LogP contribution is 2.27. The van der Waals surface area contributed by atoms with Crippen LogP contribution in [0.4, 0.5) is 10.1 Å². The normalized spacial score (nSPS) is 15.7. The molecule has 8 nitrogen and oxygen atoms in total. The third kappa shape index (κ3) is 4.44. The average Bonchev–Trinajstić information content (AvgIpc) is 3.51. The van der Waals surface area contributed by atoms with E-state index in [-0.39, 0.29) is 43.4 Å². The molecule has 178 valence electrons. The molecule has 0 spiro atoms. The van der Waals surface area contributed by atoms with Gasteiger partial charge in [0.2, 0.25) is 5.91 Å². The van der Waals surface area contributed by atoms with Crippen LogP contribution < -0.4 is 10.5 Å². The Kier molecular flexibility index (Phi) is 5.90. The van der Waals surface area contributed by atoms with Crippen molar-refractivity contribution in [2.75, 3.05) is 11.4 Å². The van der Waals surface area contributed by atoms with Crippen LogP contribution in [0, 0.1) is 18.7 Å². The number of esters is 1. The summed E-state index contributed by atoms with van der Waals surface area (Å²) in [5.74, 6) is -1.18. The van der Waals surface area contributed by atoms with Crippen LogP contribution in [0.2, 0.25) is 0 Å². The number of carbonyl (C=O) groups excluding carboxylic acids is 2. The molecule has 0 bridgehead atoms. The lowest BCUT2D eigenvalue weighted by Crippen LogP contribution is -2.28. The van der Waals surface area contributed by atoms with E-state index in [0.717, 1.165) is 0 Å². The van der Waals surface area contributed by atoms with E-state index in [9.17, 15) is 18.8 Å². The van der Waals surface area contributed by atoms with Crippen molar-refractivity contribution in [1.29, 1.82) is 0 Å². The number of furan rings is 1. The molecule has 2 aromatic carbocycles. The Balaban J connectivity index is 1.35. The number of carbonyl (C=O) groups is 2. The maximum absolute atomic E-state index is 14.0. The van der Waals surface area contributed by atoms with Crippen LogP contribution in [-0.4, -0.2) is 28.0 Å². The third-order valence-corrected chi connectivity index (χ3v) is 6.10. The Morgan fingerprint density at radius 3 is 2.77 bits per heavy atom. The Morgan fingerprint density at radius 2 is 2.00 bits per heavy atom. The standard InChI is InChI=1S/C26H22FN3O5/c1-16-8-9-18(12-21(16)27)29-13-17(11-24(29)31)26(33)35-15-23-28-22-7-3-2-6-20(22)25(32)30(23)14-19-5-4-10-34-19/h2-10,12,17H,11,13-15H2,1H3/t17-/m1/s1. The zero-order valence-corrected chi connectivity index (χ0v) is 18.9. The van der Waals surface area contributed by atoms with E-state index < -0.39 is 17.7 Å². The number of fused-ring (bicyclic) bond motifs is 1. The number of anilines is 1. The van der Waals surface area contributed by atoms with Gasteiger partial charge in [0.25, 0.3) is 5.56 Å². The predicted octanol–water partition coefficient (Wildman–Crippen LogP) is 3.58. The van der Waals surface area contributed by atoms with Gasteiger partial charge in [0.05, 0.1) is 29.6 Å². The van der Waals surface area contributed by atoms with E-state index in [1.165, 1.54) is 21.8 Å². The van der Waals surface area contributed by atoms with Gasteiger partial charge < -0.3 is 14.1 Å². The molecule has 0 saturated carbocycles. The van der Waals surface area contributed by atoms with Gasteiger partial charge in [0.15, 0.2) is 5.82 Å². The molecule has 1 aliphatic rings. The maximum Gasteiger partial charge on any atom is 0.311 e. The van der Waals surface area contributed by atoms with Crippen molar-refractivity contribution in [2.45, 2.75) is 26.5 Å². The molecule has 1 saturated heterocycles. The van der Waals surface area contributed by atoms with Crippen molar-refractivity contribution in [3.8, 4) is 0 Å². The fourth-order valence-electron chi connectivity index (χ4n) is 4.16. The molecule has 2 aromatic heterocycles. The summed E-state index contributed by atoms with van der Waals surface area (Å²) in [6.07, 6.45) is 1.47. The Labute approximate surface area is 199 Å². The molecule has 0 N–H and O–H groups in total. The summed E-state index contributed by atoms with van der Waals surface area (Å²) in [6.45, 7) is 1.61. The molecular weight excluding hydrogens is 453 g/mol. The molecule has 9 heteroatoms. The second kappa shape index (κ2) is 9.17. The first-order valence-electron chi connectivity index (χ1n) is 11.1. The number of rotatable bonds is 6. The average molecular weight is 475 g/mol. The molecule has 0 unspecified atom stereocenters. The van der Waals surface area contributed by atoms with Gasteiger partial charge in [-0.15, -0.1) is 0 Å². The Bertz CT molecular complexity index is 1480. The summed E-state index contributed by atoms with van der Waals surface area (Å²) in [6, 6.07) is 14.9. The molecule has 0 aliphatic carbocycles. The zero-order valence-electron chi connectivity index (χ0n) is 18.9. The number of aryl methyl sites for hydroxylation is 1. The summed E-state index contributed by atoms with van der Waals surface area (Å²) in [7, 11) is 0. The van der Waals surface area contributed by atoms with Crippen molar-refractivity contribution in [2.24, 2.45) is 5.92 Å². The fraction of sp³-hybridized carbons (Fsp3) is 0.231. The van der Waals surface area contributed by atoms with E-state index in [1.54, 1.807) is 55.5 Å². The zero-order chi connectivity index (χ0) is 24.5. The van der Waals surface area contributed by atoms with Crippen LogP contribution in [0.1, 0.15) is 23.6 Å². The summed E-state index contributed by atoms with van der Waals surface area (Å²) >= 11 is 0. The van der Waals surface area contributed by atoms with Crippen LogP contribution in [0.15, 0.2) is 70.1 Å². The number of ether oxygens (including phenoxy) is 1. The van der Waals surface area contributed by atoms with Gasteiger partial charge in [-0.3, -0.25) is 19.0 Å². The Hall–Kier alpha value is -4.27. The molecule has 1 aliphatic heterocycles. The minimum absolute atomic E-state index is 0.0430. The summed E-state index contributed by atoms with van der Waals surface area (Å²) in [5, 5.41) is 0.441. The molecule has 3 heterocycles. The van der Waals surface area contributed by atoms with Gasteiger partial charge in [-0.25, -0.2) is 9.37 Å². The van der Waals surface area contributed by atoms with Gasteiger partial charge >= 0.3 is 5.97 Å². The summed E-state index contributed by atoms with van der Waals surface area (Å²) < 4.78 is 26.3. The number of hydrogen-bond donors (Lipinski definition) is 0. The molecule has 0 radical (unpaired) electrons. The molecule has 1 amide bonds. The highest BCUT2D eigenvalue weighted by molar-refractivity contribution is 5.99. The molecule has 4 aromatic rings. The second-order valence-corrected chi connectivity index (χ2v) is 8.46. The SMILES string of the molecule is Cc1ccc(N2C[C@H](C(=O)OCc3nc4ccccc4c(=O)n3Cc3ccco3)CC2=O)cc1F. The van der Waals surface area contributed by atoms with E-state index in [0.29, 0.717) is 27.9 Å². The number of aromatic nitrogens is 2. The topological polar surface area (TPSA) is 94.6 Å². The van der Waals surface area contributed by atoms with Crippen LogP contribution in [-0.2, 0) is 27.5 Å². The highest BCUT2D eigenvalue weighted by Gasteiger charge is 2.36. The number of amides is 1. The van der Waals surface area contributed by atoms with Gasteiger partial charge in [0, 0.05) is 18.7 Å². The number of nitrogens with zero attached hydrogens (tertiary/aromatic N) is 3. The van der Waals surface area contributed by atoms with Crippen molar-refractivity contribution < 1.29 is 23.1 Å². The van der Waals surface area contributed by atoms with Crippen molar-refractivity contribution >= 4 is 28.5 Å². The van der Waals surface area contributed by atoms with Crippen molar-refractivity contribution in [3.63, 3.8) is 0 Å². The largest absolute Gasteiger partial charge is 0.467 e. The van der Waals surface area contributed by atoms with Gasteiger partial charge in [0.1, 0.15) is 18.2 Å². The number of para-hydroxylation sites is 1. The number of halogens is 1. The first-order valence-corrected chi connectivity index (χ1v) is 11.1. The van der Waals surface area contributed by atoms with Crippen LogP contribution in [0.25, 0.3) is 10.9 Å². The minimum atomic E-state index is -0.711. The van der Waals surface area contributed by atoms with Crippen molar-refractivity contribution in [3.05, 3.63) is 94.2 Å². The molecule has 1 atom stereocenters. The van der Waals surface area contributed by atoms with E-state index in [4.69, 9.17) is 9.15 Å². The smallest absolute Gasteiger partial charge is 0.311 e. The van der Waals surface area contributed by atoms with Gasteiger partial charge in [-0.05, 0) is 48.9 Å². The molecular formula is C26H22FN3O5. The first-order chi connectivity index (χ1) is 16.9. The molecule has 5 rings (SSSR count). The third-order valence-electron chi connectivity index (χ3n) is 6.10. The van der Waals surface area contributed by atoms with Crippen LogP contribution in [0.3, 0.4) is 0 Å². The lowest BCUT2D eigenvalue weighted by atomic mass is 10.1. The summed E-state index contributed by atoms with van der Waals surface area (Å²) in [4.78, 5) is 44.4. The highest BCUT2D eigenvalue weighted by atomic mass is 19.1. The van der Waals surface area contributed by atoms with Gasteiger partial charge in [-0.1, -0.05) is 18.2 Å². The van der Waals surface area contributed by atoms with Crippen LogP contribution >= 0.6 is 0 Å². The molecule has 1 fully saturated rings. The monoisotopic (exact) mass is 475 g/mol. The lowest BCUT2D eigenvalue weighted by molar-refractivity contribution is -0.150. The maximum atomic E-state index is 14.0. The van der Waals surface area contributed by atoms with E-state index in [1.807, 2.05) is 0 Å². The van der Waals surface area contributed by atoms with Crippen molar-refractivity contribution in [1.82, 2.24) is 9.55 Å². The number of benzene rings is 2. The summed E-state index contributed by atoms with van der Waals surface area (Å²) in [5.41, 5.74) is 1.08. The van der Waals surface area contributed by atoms with E-state index in [2.05, 4.69) is 4.98 Å². The lowest BCUT2D eigenvalue weighted by Gasteiger charge is -2.17. The Morgan fingerprint density at radius 1 is 1.17 bits per heavy atom. The first kappa shape index (κ1) is 22.5. The predicted molar refractivity (Wildman–Crippen MR) is 125 cm³/mol. The number of hydrogen-bond acceptors (Lipinski definition) is 6. The minimum Gasteiger partial charge on any atom is -0.467 e. The second-order valence-electron chi connectivity index (χ2n) is 8.46. The quantitative estimate of drug-likeness (QED) is 0.396. The molecule has 35 heavy (non-hydrogen) atoms. The van der Waals surface area contributed by atoms with Crippen LogP contribution in [0.5, 0.6) is 0 Å². The van der Waals surface area contributed by atoms with E-state index >= 15 is 0 Å². The fourth-order valence-corrected chi connectivity index (χ4v) is 4.16. The van der Waals surface area contributed by atoms with Gasteiger partial charge in [-0.2, -0.15) is 0 Å².